The maximum absolute atomic E-state index is 6.87. The molecule has 0 aliphatic carbocycles. The van der Waals surface area contributed by atoms with E-state index in [0.717, 1.165) is 127 Å². The number of hydrogen-bond donors (Lipinski definition) is 0. The highest BCUT2D eigenvalue weighted by molar-refractivity contribution is 6.15. The van der Waals surface area contributed by atoms with Crippen molar-refractivity contribution in [2.24, 2.45) is 0 Å². The van der Waals surface area contributed by atoms with Crippen LogP contribution >= 0.6 is 0 Å². The van der Waals surface area contributed by atoms with E-state index in [1.165, 1.54) is 144 Å². The molecule has 6 aromatic heterocycles. The van der Waals surface area contributed by atoms with Gasteiger partial charge in [0.25, 0.3) is 0 Å². The SMILES string of the molecule is c1ccc(-c2ccc(-c3ccc4c(c3)c(-c3ccc(-c5ccccc5)cc3)cn4-c3ccc4oc5ccc(-c6ccccc6)cc5c4c3)cc2)cc1.c1ccc(-c2ccc(-c3ccc4c(c3)c(-c3ccc(-c5ccccc5)cc3)cn4-c3cccc4c3oc3c(-c5ccccc5)cccc34)cc2)cc1.c1ccc(-c2ccc3c(c2)c(-c2ccccc2)cn3-c2ccc(-c3cccc4c3oc3c(-c5ccccc5)cccc34)cc2)cc1. The molecule has 704 valence electrons. The van der Waals surface area contributed by atoms with E-state index < -0.39 is 0 Å². The van der Waals surface area contributed by atoms with Crippen LogP contribution in [0.1, 0.15) is 0 Å². The molecule has 0 amide bonds. The second-order valence-corrected chi connectivity index (χ2v) is 38.5. The Morgan fingerprint density at radius 2 is 0.340 bits per heavy atom. The third-order valence-electron chi connectivity index (χ3n) is 29.6. The van der Waals surface area contributed by atoms with Gasteiger partial charge in [-0.15, -0.1) is 0 Å². The Morgan fingerprint density at radius 1 is 0.120 bits per heavy atom. The van der Waals surface area contributed by atoms with Crippen LogP contribution in [0.25, 0.3) is 271 Å². The van der Waals surface area contributed by atoms with Crippen LogP contribution in [0.15, 0.2) is 590 Å². The molecule has 6 heteroatoms. The third kappa shape index (κ3) is 16.8. The fourth-order valence-electron chi connectivity index (χ4n) is 22.0. The van der Waals surface area contributed by atoms with E-state index in [0.29, 0.717) is 0 Å². The number of fused-ring (bicyclic) bond motifs is 12. The Bertz CT molecular complexity index is 10000. The van der Waals surface area contributed by atoms with Crippen molar-refractivity contribution in [1.29, 1.82) is 0 Å². The van der Waals surface area contributed by atoms with Gasteiger partial charge in [-0.05, 0) is 207 Å². The molecule has 23 aromatic carbocycles. The van der Waals surface area contributed by atoms with Crippen molar-refractivity contribution >= 4 is 98.5 Å². The first kappa shape index (κ1) is 89.0. The van der Waals surface area contributed by atoms with Gasteiger partial charge in [0.2, 0.25) is 0 Å². The Balaban J connectivity index is 0.000000111. The van der Waals surface area contributed by atoms with Crippen molar-refractivity contribution in [2.75, 3.05) is 0 Å². The quantitative estimate of drug-likeness (QED) is 0.0913. The minimum absolute atomic E-state index is 0.879. The minimum Gasteiger partial charge on any atom is -0.456 e. The Hall–Kier alpha value is -19.9. The average molecular weight is 1920 g/mol. The number of benzene rings is 23. The molecule has 0 saturated heterocycles. The highest BCUT2D eigenvalue weighted by Gasteiger charge is 2.25. The molecule has 6 heterocycles. The molecule has 0 aliphatic rings. The minimum atomic E-state index is 0.879. The first-order chi connectivity index (χ1) is 74.3. The Labute approximate surface area is 868 Å². The van der Waals surface area contributed by atoms with E-state index in [4.69, 9.17) is 13.3 Å². The van der Waals surface area contributed by atoms with Crippen LogP contribution in [0, 0.1) is 0 Å². The third-order valence-corrected chi connectivity index (χ3v) is 29.6. The zero-order valence-electron chi connectivity index (χ0n) is 81.9. The lowest BCUT2D eigenvalue weighted by molar-refractivity contribution is 0.667. The summed E-state index contributed by atoms with van der Waals surface area (Å²) in [4.78, 5) is 0. The highest BCUT2D eigenvalue weighted by atomic mass is 16.3. The number of furan rings is 3. The summed E-state index contributed by atoms with van der Waals surface area (Å²) in [6.07, 6.45) is 6.85. The van der Waals surface area contributed by atoms with Crippen LogP contribution in [0.5, 0.6) is 0 Å². The van der Waals surface area contributed by atoms with E-state index in [1.54, 1.807) is 0 Å². The number of hydrogen-bond acceptors (Lipinski definition) is 3. The van der Waals surface area contributed by atoms with E-state index in [9.17, 15) is 0 Å². The zero-order valence-corrected chi connectivity index (χ0v) is 81.9. The highest BCUT2D eigenvalue weighted by Crippen LogP contribution is 2.48. The molecule has 0 aliphatic heterocycles. The number of aromatic nitrogens is 3. The van der Waals surface area contributed by atoms with Gasteiger partial charge in [0, 0.05) is 112 Å². The van der Waals surface area contributed by atoms with Crippen molar-refractivity contribution in [3.05, 3.63) is 577 Å². The molecular formula is C144H95N3O3. The molecule has 0 radical (unpaired) electrons. The average Bonchev–Trinajstić information content (AvgIpc) is 1.59. The predicted molar refractivity (Wildman–Crippen MR) is 628 cm³/mol. The predicted octanol–water partition coefficient (Wildman–Crippen LogP) is 39.9. The lowest BCUT2D eigenvalue weighted by Gasteiger charge is -2.09. The summed E-state index contributed by atoms with van der Waals surface area (Å²) in [5.74, 6) is 0. The van der Waals surface area contributed by atoms with Gasteiger partial charge in [-0.2, -0.15) is 0 Å². The van der Waals surface area contributed by atoms with Gasteiger partial charge in [0.15, 0.2) is 5.58 Å². The van der Waals surface area contributed by atoms with E-state index in [1.807, 2.05) is 6.07 Å². The molecule has 0 saturated carbocycles. The Kier molecular flexibility index (Phi) is 22.9. The summed E-state index contributed by atoms with van der Waals surface area (Å²) in [6.45, 7) is 0. The van der Waals surface area contributed by atoms with Crippen LogP contribution in [0.4, 0.5) is 0 Å². The van der Waals surface area contributed by atoms with Crippen LogP contribution in [-0.4, -0.2) is 13.7 Å². The van der Waals surface area contributed by atoms with Crippen LogP contribution in [-0.2, 0) is 0 Å². The molecule has 0 unspecified atom stereocenters. The van der Waals surface area contributed by atoms with E-state index >= 15 is 0 Å². The van der Waals surface area contributed by atoms with E-state index in [-0.39, 0.29) is 0 Å². The van der Waals surface area contributed by atoms with Gasteiger partial charge in [0.1, 0.15) is 27.9 Å². The summed E-state index contributed by atoms with van der Waals surface area (Å²) in [7, 11) is 0. The summed E-state index contributed by atoms with van der Waals surface area (Å²) in [5, 5.41) is 10.4. The van der Waals surface area contributed by atoms with Gasteiger partial charge < -0.3 is 27.0 Å². The molecule has 6 nitrogen and oxygen atoms in total. The molecule has 0 spiro atoms. The maximum Gasteiger partial charge on any atom is 0.159 e. The van der Waals surface area contributed by atoms with E-state index in [2.05, 4.69) is 584 Å². The van der Waals surface area contributed by atoms with Gasteiger partial charge >= 0.3 is 0 Å². The van der Waals surface area contributed by atoms with Crippen LogP contribution in [0.2, 0.25) is 0 Å². The monoisotopic (exact) mass is 1910 g/mol. The van der Waals surface area contributed by atoms with Crippen molar-refractivity contribution in [3.63, 3.8) is 0 Å². The molecule has 0 bridgehead atoms. The second-order valence-electron chi connectivity index (χ2n) is 38.5. The van der Waals surface area contributed by atoms with Crippen molar-refractivity contribution in [3.8, 4) is 173 Å². The maximum atomic E-state index is 6.87. The van der Waals surface area contributed by atoms with Crippen molar-refractivity contribution in [2.45, 2.75) is 0 Å². The summed E-state index contributed by atoms with van der Waals surface area (Å²) >= 11 is 0. The molecule has 29 rings (SSSR count). The number of para-hydroxylation sites is 4. The van der Waals surface area contributed by atoms with Crippen molar-refractivity contribution in [1.82, 2.24) is 13.7 Å². The molecule has 0 fully saturated rings. The molecular weight excluding hydrogens is 1820 g/mol. The van der Waals surface area contributed by atoms with Crippen LogP contribution < -0.4 is 0 Å². The topological polar surface area (TPSA) is 54.2 Å². The smallest absolute Gasteiger partial charge is 0.159 e. The summed E-state index contributed by atoms with van der Waals surface area (Å²) in [5.41, 5.74) is 45.3. The molecule has 0 N–H and O–H groups in total. The van der Waals surface area contributed by atoms with Gasteiger partial charge in [0.05, 0.1) is 22.2 Å². The fourth-order valence-corrected chi connectivity index (χ4v) is 22.0. The Morgan fingerprint density at radius 3 is 0.700 bits per heavy atom. The molecule has 0 atom stereocenters. The largest absolute Gasteiger partial charge is 0.456 e. The van der Waals surface area contributed by atoms with Crippen molar-refractivity contribution < 1.29 is 13.3 Å². The molecule has 150 heavy (non-hydrogen) atoms. The standard InChI is InChI=1S/2C50H33NO.C44H29NO/c1-4-12-34(13-5-1)36-22-24-38(25-23-36)41-30-31-47-45(32-41)46(40-28-26-37(27-29-40)35-14-6-2-7-15-35)33-51(47)48-21-11-20-44-43-19-10-18-42(49(43)52-50(44)48)39-16-8-3-9-17-39;1-4-10-34(11-5-1)37-16-18-39(19-17-37)41-24-27-48-44(30-41)47(40-22-20-38(21-23-40)35-12-6-2-7-13-35)33-51(48)43-26-29-50-46(32-43)45-31-42(25-28-49(45)52-50)36-14-8-3-9-15-36;1-4-12-30(13-5-1)34-24-27-42-40(28-34)41(32-16-8-3-9-17-32)29-45(42)35-25-22-33(23-26-35)37-19-11-21-39-38-20-10-18-36(43(38)46-44(37)39)31-14-6-2-7-15-31/h2*1-33H;1-29H. The second kappa shape index (κ2) is 38.6. The first-order valence-electron chi connectivity index (χ1n) is 51.2. The summed E-state index contributed by atoms with van der Waals surface area (Å²) in [6, 6.07) is 199. The number of nitrogens with zero attached hydrogens (tertiary/aromatic N) is 3. The lowest BCUT2D eigenvalue weighted by atomic mass is 9.97. The van der Waals surface area contributed by atoms with Gasteiger partial charge in [-0.1, -0.05) is 473 Å². The fraction of sp³-hybridized carbons (Fsp3) is 0. The van der Waals surface area contributed by atoms with Gasteiger partial charge in [-0.25, -0.2) is 0 Å². The molecule has 29 aromatic rings. The first-order valence-corrected chi connectivity index (χ1v) is 51.2. The van der Waals surface area contributed by atoms with Gasteiger partial charge in [-0.3, -0.25) is 0 Å². The lowest BCUT2D eigenvalue weighted by Crippen LogP contribution is -1.92. The normalized spacial score (nSPS) is 11.5. The zero-order chi connectivity index (χ0) is 99.3. The van der Waals surface area contributed by atoms with Crippen LogP contribution in [0.3, 0.4) is 0 Å². The number of rotatable bonds is 17. The summed E-state index contributed by atoms with van der Waals surface area (Å²) < 4.78 is 26.8.